The molecule has 0 spiro atoms. The van der Waals surface area contributed by atoms with E-state index in [0.29, 0.717) is 30.8 Å². The Morgan fingerprint density at radius 1 is 1.23 bits per heavy atom. The number of hydrogen-bond donors (Lipinski definition) is 1. The fraction of sp³-hybridized carbons (Fsp3) is 0.300. The highest BCUT2D eigenvalue weighted by atomic mass is 32.1. The van der Waals surface area contributed by atoms with E-state index < -0.39 is 18.0 Å². The van der Waals surface area contributed by atoms with Crippen molar-refractivity contribution in [1.82, 2.24) is 15.0 Å². The Hall–Kier alpha value is -3.31. The van der Waals surface area contributed by atoms with E-state index >= 15 is 0 Å². The van der Waals surface area contributed by atoms with Crippen LogP contribution in [0.3, 0.4) is 0 Å². The summed E-state index contributed by atoms with van der Waals surface area (Å²) in [7, 11) is 0. The van der Waals surface area contributed by atoms with Gasteiger partial charge in [-0.3, -0.25) is 4.90 Å². The monoisotopic (exact) mass is 443 g/mol. The Bertz CT molecular complexity index is 1130. The van der Waals surface area contributed by atoms with Gasteiger partial charge in [0.15, 0.2) is 6.10 Å². The van der Waals surface area contributed by atoms with Gasteiger partial charge in [-0.15, -0.1) is 16.4 Å². The average molecular weight is 443 g/mol. The number of ether oxygens (including phenoxy) is 1. The molecule has 2 aliphatic heterocycles. The fourth-order valence-corrected chi connectivity index (χ4v) is 4.57. The third kappa shape index (κ3) is 3.89. The van der Waals surface area contributed by atoms with Crippen molar-refractivity contribution in [2.24, 2.45) is 5.16 Å². The zero-order valence-electron chi connectivity index (χ0n) is 16.2. The maximum absolute atomic E-state index is 14.9. The lowest BCUT2D eigenvalue weighted by Gasteiger charge is -2.14. The van der Waals surface area contributed by atoms with Crippen molar-refractivity contribution in [3.8, 4) is 10.4 Å². The summed E-state index contributed by atoms with van der Waals surface area (Å²) in [5, 5.41) is 20.8. The minimum absolute atomic E-state index is 0.0973. The first-order chi connectivity index (χ1) is 15.1. The molecular weight excluding hydrogens is 425 g/mol. The van der Waals surface area contributed by atoms with E-state index in [-0.39, 0.29) is 12.7 Å². The molecule has 31 heavy (non-hydrogen) atoms. The van der Waals surface area contributed by atoms with Gasteiger partial charge < -0.3 is 14.7 Å². The topological polar surface area (TPSA) is 102 Å². The quantitative estimate of drug-likeness (QED) is 0.629. The summed E-state index contributed by atoms with van der Waals surface area (Å²) >= 11 is 1.40. The number of benzene rings is 1. The molecule has 3 aromatic rings. The number of cyclic esters (lactones) is 1. The standard InChI is InChI=1S/C20H18FN5O4S/c21-16-7-12(26-10-14(29-20(26)28)9-25-6-5-22-24-25)1-2-15(16)18-3-4-19(31-18)17-8-13(11-27)30-23-17/h1-7,13-14,27H,8-11H2/t13?,14-/m0/s1. The first-order valence-corrected chi connectivity index (χ1v) is 10.5. The van der Waals surface area contributed by atoms with Gasteiger partial charge in [0.05, 0.1) is 36.5 Å². The largest absolute Gasteiger partial charge is 0.442 e. The molecule has 1 N–H and O–H groups in total. The van der Waals surface area contributed by atoms with E-state index in [0.717, 1.165) is 15.5 Å². The Morgan fingerprint density at radius 3 is 2.84 bits per heavy atom. The Morgan fingerprint density at radius 2 is 2.10 bits per heavy atom. The molecule has 1 saturated heterocycles. The molecule has 5 rings (SSSR count). The number of aliphatic hydroxyl groups is 1. The molecule has 11 heteroatoms. The van der Waals surface area contributed by atoms with Crippen LogP contribution in [-0.2, 0) is 16.1 Å². The van der Waals surface area contributed by atoms with Gasteiger partial charge in [0, 0.05) is 23.1 Å². The molecule has 0 radical (unpaired) electrons. The SMILES string of the molecule is O=C1O[C@@H](Cn2ccnn2)CN1c1ccc(-c2ccc(C3=NOC(CO)C3)s2)c(F)c1. The average Bonchev–Trinajstić information content (AvgIpc) is 3.55. The minimum Gasteiger partial charge on any atom is -0.442 e. The first kappa shape index (κ1) is 19.6. The number of rotatable bonds is 6. The zero-order chi connectivity index (χ0) is 21.4. The van der Waals surface area contributed by atoms with Gasteiger partial charge in [-0.25, -0.2) is 13.9 Å². The summed E-state index contributed by atoms with van der Waals surface area (Å²) in [6, 6.07) is 8.38. The third-order valence-electron chi connectivity index (χ3n) is 5.09. The first-order valence-electron chi connectivity index (χ1n) is 9.66. The summed E-state index contributed by atoms with van der Waals surface area (Å²) in [4.78, 5) is 20.4. The molecule has 2 atom stereocenters. The molecule has 1 unspecified atom stereocenters. The molecule has 0 bridgehead atoms. The van der Waals surface area contributed by atoms with Gasteiger partial charge in [-0.05, 0) is 30.3 Å². The predicted molar refractivity (Wildman–Crippen MR) is 110 cm³/mol. The molecule has 160 valence electrons. The summed E-state index contributed by atoms with van der Waals surface area (Å²) in [5.41, 5.74) is 1.61. The van der Waals surface area contributed by atoms with Crippen LogP contribution in [0.25, 0.3) is 10.4 Å². The molecule has 2 aliphatic rings. The maximum atomic E-state index is 14.9. The number of anilines is 1. The number of halogens is 1. The van der Waals surface area contributed by atoms with Crippen LogP contribution in [-0.4, -0.2) is 57.3 Å². The number of carbonyl (C=O) groups excluding carboxylic acids is 1. The lowest BCUT2D eigenvalue weighted by atomic mass is 10.1. The Balaban J connectivity index is 1.31. The van der Waals surface area contributed by atoms with E-state index in [1.807, 2.05) is 12.1 Å². The molecule has 1 amide bonds. The lowest BCUT2D eigenvalue weighted by molar-refractivity contribution is 0.0390. The number of thiophene rings is 1. The normalized spacial score (nSPS) is 20.6. The fourth-order valence-electron chi connectivity index (χ4n) is 3.55. The second-order valence-corrected chi connectivity index (χ2v) is 8.31. The van der Waals surface area contributed by atoms with Crippen LogP contribution in [0.5, 0.6) is 0 Å². The maximum Gasteiger partial charge on any atom is 0.414 e. The Kier molecular flexibility index (Phi) is 5.12. The molecule has 1 fully saturated rings. The highest BCUT2D eigenvalue weighted by Gasteiger charge is 2.33. The summed E-state index contributed by atoms with van der Waals surface area (Å²) in [6.45, 7) is 0.581. The van der Waals surface area contributed by atoms with Crippen molar-refractivity contribution >= 4 is 28.8 Å². The second kappa shape index (κ2) is 8.08. The molecule has 0 saturated carbocycles. The minimum atomic E-state index is -0.520. The van der Waals surface area contributed by atoms with Crippen LogP contribution in [0, 0.1) is 5.82 Å². The van der Waals surface area contributed by atoms with Crippen LogP contribution < -0.4 is 4.90 Å². The van der Waals surface area contributed by atoms with Crippen molar-refractivity contribution in [3.63, 3.8) is 0 Å². The summed E-state index contributed by atoms with van der Waals surface area (Å²) < 4.78 is 21.9. The number of nitrogens with zero attached hydrogens (tertiary/aromatic N) is 5. The van der Waals surface area contributed by atoms with Crippen molar-refractivity contribution in [2.75, 3.05) is 18.1 Å². The molecular formula is C20H18FN5O4S. The number of oxime groups is 1. The van der Waals surface area contributed by atoms with Crippen molar-refractivity contribution in [1.29, 1.82) is 0 Å². The van der Waals surface area contributed by atoms with E-state index in [2.05, 4.69) is 15.5 Å². The van der Waals surface area contributed by atoms with Crippen LogP contribution in [0.15, 0.2) is 47.9 Å². The number of hydrogen-bond acceptors (Lipinski definition) is 8. The highest BCUT2D eigenvalue weighted by molar-refractivity contribution is 7.17. The summed E-state index contributed by atoms with van der Waals surface area (Å²) in [6.07, 6.45) is 2.51. The molecule has 2 aromatic heterocycles. The van der Waals surface area contributed by atoms with Crippen molar-refractivity contribution in [3.05, 3.63) is 53.4 Å². The smallest absolute Gasteiger partial charge is 0.414 e. The zero-order valence-corrected chi connectivity index (χ0v) is 17.0. The number of aliphatic hydroxyl groups excluding tert-OH is 1. The molecule has 9 nitrogen and oxygen atoms in total. The number of amides is 1. The van der Waals surface area contributed by atoms with E-state index in [9.17, 15) is 14.3 Å². The Labute approximate surface area is 180 Å². The van der Waals surface area contributed by atoms with Gasteiger partial charge in [0.1, 0.15) is 17.6 Å². The highest BCUT2D eigenvalue weighted by Crippen LogP contribution is 2.34. The third-order valence-corrected chi connectivity index (χ3v) is 6.26. The van der Waals surface area contributed by atoms with Gasteiger partial charge in [0.2, 0.25) is 0 Å². The number of aromatic nitrogens is 3. The van der Waals surface area contributed by atoms with E-state index in [1.54, 1.807) is 29.2 Å². The predicted octanol–water partition coefficient (Wildman–Crippen LogP) is 2.66. The van der Waals surface area contributed by atoms with Gasteiger partial charge in [-0.1, -0.05) is 10.4 Å². The van der Waals surface area contributed by atoms with Gasteiger partial charge >= 0.3 is 6.09 Å². The molecule has 0 aliphatic carbocycles. The van der Waals surface area contributed by atoms with Crippen LogP contribution in [0.2, 0.25) is 0 Å². The van der Waals surface area contributed by atoms with Crippen molar-refractivity contribution in [2.45, 2.75) is 25.2 Å². The second-order valence-electron chi connectivity index (χ2n) is 7.22. The van der Waals surface area contributed by atoms with Gasteiger partial charge in [-0.2, -0.15) is 0 Å². The van der Waals surface area contributed by atoms with Crippen LogP contribution in [0.4, 0.5) is 14.9 Å². The number of carbonyl (C=O) groups is 1. The van der Waals surface area contributed by atoms with Gasteiger partial charge in [0.25, 0.3) is 0 Å². The lowest BCUT2D eigenvalue weighted by Crippen LogP contribution is -2.26. The van der Waals surface area contributed by atoms with Crippen LogP contribution >= 0.6 is 11.3 Å². The summed E-state index contributed by atoms with van der Waals surface area (Å²) in [5.74, 6) is -0.434. The van der Waals surface area contributed by atoms with E-state index in [4.69, 9.17) is 9.57 Å². The molecule has 1 aromatic carbocycles. The van der Waals surface area contributed by atoms with Crippen molar-refractivity contribution < 1.29 is 23.9 Å². The molecule has 4 heterocycles. The van der Waals surface area contributed by atoms with Crippen LogP contribution in [0.1, 0.15) is 11.3 Å². The van der Waals surface area contributed by atoms with E-state index in [1.165, 1.54) is 22.3 Å².